The summed E-state index contributed by atoms with van der Waals surface area (Å²) in [6.45, 7) is 19.1. The Hall–Kier alpha value is -2.89. The lowest BCUT2D eigenvalue weighted by molar-refractivity contribution is 0.100. The fourth-order valence-corrected chi connectivity index (χ4v) is 2.40. The quantitative estimate of drug-likeness (QED) is 0.585. The molecule has 0 aliphatic heterocycles. The van der Waals surface area contributed by atoms with Crippen LogP contribution in [0.2, 0.25) is 0 Å². The van der Waals surface area contributed by atoms with Crippen LogP contribution in [0.3, 0.4) is 0 Å². The maximum atomic E-state index is 11.3. The third-order valence-electron chi connectivity index (χ3n) is 3.62. The van der Waals surface area contributed by atoms with Crippen LogP contribution in [0.15, 0.2) is 35.8 Å². The second-order valence-corrected chi connectivity index (χ2v) is 7.39. The molecule has 0 saturated heterocycles. The minimum absolute atomic E-state index is 0.436. The third-order valence-corrected chi connectivity index (χ3v) is 3.62. The summed E-state index contributed by atoms with van der Waals surface area (Å²) in [6.07, 6.45) is 0. The first kappa shape index (κ1) is 23.1. The summed E-state index contributed by atoms with van der Waals surface area (Å²) in [4.78, 5) is 15.9. The SMILES string of the molecule is C=C(NC(C)=Nc1cc(C(N)=O)ccc1C)c1cc(C)nn1CC.CC(C)C. The van der Waals surface area contributed by atoms with Gasteiger partial charge in [-0.1, -0.05) is 33.4 Å². The number of amides is 1. The van der Waals surface area contributed by atoms with Gasteiger partial charge in [-0.3, -0.25) is 9.48 Å². The van der Waals surface area contributed by atoms with Gasteiger partial charge in [0.1, 0.15) is 5.84 Å². The van der Waals surface area contributed by atoms with Crippen LogP contribution in [-0.4, -0.2) is 21.5 Å². The fraction of sp³-hybridized carbons (Fsp3) is 0.409. The minimum Gasteiger partial charge on any atom is -0.366 e. The van der Waals surface area contributed by atoms with Gasteiger partial charge in [0.25, 0.3) is 0 Å². The molecule has 2 rings (SSSR count). The van der Waals surface area contributed by atoms with Crippen molar-refractivity contribution in [1.29, 1.82) is 0 Å². The number of hydrogen-bond donors (Lipinski definition) is 2. The van der Waals surface area contributed by atoms with Crippen LogP contribution in [0, 0.1) is 19.8 Å². The van der Waals surface area contributed by atoms with E-state index in [4.69, 9.17) is 5.73 Å². The molecule has 152 valence electrons. The maximum absolute atomic E-state index is 11.3. The molecule has 6 nitrogen and oxygen atoms in total. The summed E-state index contributed by atoms with van der Waals surface area (Å²) >= 11 is 0. The van der Waals surface area contributed by atoms with Crippen molar-refractivity contribution < 1.29 is 4.79 Å². The number of nitrogens with two attached hydrogens (primary N) is 1. The summed E-state index contributed by atoms with van der Waals surface area (Å²) < 4.78 is 1.89. The number of carbonyl (C=O) groups is 1. The molecule has 28 heavy (non-hydrogen) atoms. The number of amidine groups is 1. The van der Waals surface area contributed by atoms with E-state index < -0.39 is 5.91 Å². The van der Waals surface area contributed by atoms with Crippen molar-refractivity contribution in [3.8, 4) is 0 Å². The van der Waals surface area contributed by atoms with E-state index in [-0.39, 0.29) is 0 Å². The monoisotopic (exact) mass is 383 g/mol. The van der Waals surface area contributed by atoms with Crippen LogP contribution in [0.1, 0.15) is 61.9 Å². The number of carbonyl (C=O) groups excluding carboxylic acids is 1. The standard InChI is InChI=1S/C18H23N5O.C4H10/c1-6-23-17(9-12(3)22-23)13(4)20-14(5)21-16-10-15(18(19)24)8-7-11(16)2;1-4(2)3/h7-10H,4,6H2,1-3,5H3,(H2,19,24)(H,20,21);4H,1-3H3. The number of aryl methyl sites for hydroxylation is 3. The zero-order valence-corrected chi connectivity index (χ0v) is 18.1. The summed E-state index contributed by atoms with van der Waals surface area (Å²) in [5.74, 6) is 1.04. The second kappa shape index (κ2) is 10.4. The molecule has 1 heterocycles. The highest BCUT2D eigenvalue weighted by molar-refractivity contribution is 5.95. The van der Waals surface area contributed by atoms with E-state index in [1.54, 1.807) is 12.1 Å². The average Bonchev–Trinajstić information content (AvgIpc) is 2.97. The van der Waals surface area contributed by atoms with E-state index in [1.807, 2.05) is 44.5 Å². The van der Waals surface area contributed by atoms with Gasteiger partial charge in [-0.05, 0) is 57.4 Å². The van der Waals surface area contributed by atoms with Gasteiger partial charge in [0, 0.05) is 12.1 Å². The van der Waals surface area contributed by atoms with Crippen molar-refractivity contribution in [3.63, 3.8) is 0 Å². The Balaban J connectivity index is 0.000000892. The molecule has 0 aliphatic rings. The largest absolute Gasteiger partial charge is 0.366 e. The first-order valence-corrected chi connectivity index (χ1v) is 9.51. The van der Waals surface area contributed by atoms with Crippen molar-refractivity contribution in [2.75, 3.05) is 0 Å². The molecule has 6 heteroatoms. The Kier molecular flexibility index (Phi) is 8.64. The summed E-state index contributed by atoms with van der Waals surface area (Å²) in [7, 11) is 0. The lowest BCUT2D eigenvalue weighted by atomic mass is 10.1. The Morgan fingerprint density at radius 2 is 1.89 bits per heavy atom. The Morgan fingerprint density at radius 3 is 2.43 bits per heavy atom. The Bertz CT molecular complexity index is 859. The molecule has 1 aromatic heterocycles. The highest BCUT2D eigenvalue weighted by atomic mass is 16.1. The van der Waals surface area contributed by atoms with E-state index in [0.29, 0.717) is 17.1 Å². The van der Waals surface area contributed by atoms with Crippen LogP contribution in [-0.2, 0) is 6.54 Å². The number of aromatic nitrogens is 2. The molecule has 1 aromatic carbocycles. The van der Waals surface area contributed by atoms with Gasteiger partial charge < -0.3 is 11.1 Å². The van der Waals surface area contributed by atoms with Crippen LogP contribution in [0.4, 0.5) is 5.69 Å². The Labute approximate surface area is 168 Å². The smallest absolute Gasteiger partial charge is 0.248 e. The maximum Gasteiger partial charge on any atom is 0.248 e. The summed E-state index contributed by atoms with van der Waals surface area (Å²) in [5.41, 5.74) is 10.0. The number of aliphatic imine (C=N–C) groups is 1. The number of nitrogens with one attached hydrogen (secondary N) is 1. The number of benzene rings is 1. The summed E-state index contributed by atoms with van der Waals surface area (Å²) in [5, 5.41) is 7.60. The first-order valence-electron chi connectivity index (χ1n) is 9.51. The van der Waals surface area contributed by atoms with Crippen molar-refractivity contribution in [2.24, 2.45) is 16.6 Å². The van der Waals surface area contributed by atoms with E-state index in [2.05, 4.69) is 42.8 Å². The normalized spacial score (nSPS) is 11.1. The number of primary amides is 1. The minimum atomic E-state index is -0.469. The fourth-order valence-electron chi connectivity index (χ4n) is 2.40. The molecule has 0 bridgehead atoms. The van der Waals surface area contributed by atoms with Crippen LogP contribution in [0.25, 0.3) is 5.70 Å². The number of hydrogen-bond acceptors (Lipinski definition) is 3. The predicted molar refractivity (Wildman–Crippen MR) is 118 cm³/mol. The van der Waals surface area contributed by atoms with Crippen molar-refractivity contribution >= 4 is 23.1 Å². The van der Waals surface area contributed by atoms with Gasteiger partial charge in [0.05, 0.1) is 22.8 Å². The zero-order valence-electron chi connectivity index (χ0n) is 18.1. The van der Waals surface area contributed by atoms with Crippen molar-refractivity contribution in [3.05, 3.63) is 53.4 Å². The molecule has 3 N–H and O–H groups in total. The van der Waals surface area contributed by atoms with Crippen LogP contribution in [0.5, 0.6) is 0 Å². The molecular formula is C22H33N5O. The average molecular weight is 384 g/mol. The lowest BCUT2D eigenvalue weighted by Crippen LogP contribution is -2.20. The molecule has 0 radical (unpaired) electrons. The zero-order chi connectivity index (χ0) is 21.4. The first-order chi connectivity index (χ1) is 13.0. The van der Waals surface area contributed by atoms with Gasteiger partial charge in [-0.25, -0.2) is 4.99 Å². The van der Waals surface area contributed by atoms with Crippen molar-refractivity contribution in [2.45, 2.75) is 55.0 Å². The van der Waals surface area contributed by atoms with Gasteiger partial charge in [0.15, 0.2) is 0 Å². The molecule has 0 unspecified atom stereocenters. The van der Waals surface area contributed by atoms with E-state index in [1.165, 1.54) is 0 Å². The van der Waals surface area contributed by atoms with E-state index in [0.717, 1.165) is 35.1 Å². The van der Waals surface area contributed by atoms with Gasteiger partial charge in [-0.15, -0.1) is 0 Å². The summed E-state index contributed by atoms with van der Waals surface area (Å²) in [6, 6.07) is 7.19. The van der Waals surface area contributed by atoms with Crippen LogP contribution >= 0.6 is 0 Å². The molecule has 1 amide bonds. The molecule has 0 saturated carbocycles. The number of rotatable bonds is 5. The highest BCUT2D eigenvalue weighted by Gasteiger charge is 2.09. The molecule has 0 spiro atoms. The third kappa shape index (κ3) is 7.02. The predicted octanol–water partition coefficient (Wildman–Crippen LogP) is 4.59. The molecule has 0 fully saturated rings. The van der Waals surface area contributed by atoms with Gasteiger partial charge >= 0.3 is 0 Å². The van der Waals surface area contributed by atoms with E-state index in [9.17, 15) is 4.79 Å². The lowest BCUT2D eigenvalue weighted by Gasteiger charge is -2.11. The van der Waals surface area contributed by atoms with Gasteiger partial charge in [-0.2, -0.15) is 5.10 Å². The van der Waals surface area contributed by atoms with E-state index >= 15 is 0 Å². The van der Waals surface area contributed by atoms with Crippen molar-refractivity contribution in [1.82, 2.24) is 15.1 Å². The highest BCUT2D eigenvalue weighted by Crippen LogP contribution is 2.20. The molecule has 0 atom stereocenters. The number of nitrogens with zero attached hydrogens (tertiary/aromatic N) is 3. The molecule has 0 aliphatic carbocycles. The topological polar surface area (TPSA) is 85.3 Å². The molecule has 2 aromatic rings. The second-order valence-electron chi connectivity index (χ2n) is 7.39. The Morgan fingerprint density at radius 1 is 1.29 bits per heavy atom. The molecular weight excluding hydrogens is 350 g/mol. The van der Waals surface area contributed by atoms with Crippen LogP contribution < -0.4 is 11.1 Å². The van der Waals surface area contributed by atoms with Gasteiger partial charge in [0.2, 0.25) is 5.91 Å².